The molecule has 2 atom stereocenters. The fourth-order valence-electron chi connectivity index (χ4n) is 2.83. The molecule has 0 saturated carbocycles. The van der Waals surface area contributed by atoms with Crippen LogP contribution in [0.5, 0.6) is 5.75 Å². The van der Waals surface area contributed by atoms with Crippen LogP contribution >= 0.6 is 27.5 Å². The van der Waals surface area contributed by atoms with Crippen molar-refractivity contribution < 1.29 is 19.4 Å². The van der Waals surface area contributed by atoms with Gasteiger partial charge in [0.05, 0.1) is 6.54 Å². The van der Waals surface area contributed by atoms with Crippen molar-refractivity contribution >= 4 is 39.5 Å². The summed E-state index contributed by atoms with van der Waals surface area (Å²) in [5.74, 6) is 0.151. The highest BCUT2D eigenvalue weighted by molar-refractivity contribution is 9.10. The van der Waals surface area contributed by atoms with Gasteiger partial charge < -0.3 is 15.2 Å². The van der Waals surface area contributed by atoms with Gasteiger partial charge in [-0.15, -0.1) is 0 Å². The molecule has 8 heteroatoms. The number of imide groups is 1. The molecule has 0 bridgehead atoms. The molecule has 0 aliphatic carbocycles. The molecule has 3 amide bonds. The van der Waals surface area contributed by atoms with Crippen molar-refractivity contribution in [3.63, 3.8) is 0 Å². The molecule has 0 radical (unpaired) electrons. The molecule has 2 unspecified atom stereocenters. The third-order valence-electron chi connectivity index (χ3n) is 4.35. The molecule has 2 N–H and O–H groups in total. The van der Waals surface area contributed by atoms with Gasteiger partial charge in [0.25, 0.3) is 5.91 Å². The molecule has 1 aliphatic rings. The highest BCUT2D eigenvalue weighted by Crippen LogP contribution is 2.29. The molecular weight excluding hydrogens is 436 g/mol. The lowest BCUT2D eigenvalue weighted by atomic mass is 9.92. The number of carbonyl (C=O) groups is 2. The molecule has 2 aromatic carbocycles. The van der Waals surface area contributed by atoms with E-state index >= 15 is 0 Å². The first-order chi connectivity index (χ1) is 12.8. The highest BCUT2D eigenvalue weighted by atomic mass is 79.9. The number of ether oxygens (including phenoxy) is 1. The van der Waals surface area contributed by atoms with E-state index in [4.69, 9.17) is 16.3 Å². The van der Waals surface area contributed by atoms with Crippen molar-refractivity contribution in [3.05, 3.63) is 63.6 Å². The van der Waals surface area contributed by atoms with Gasteiger partial charge in [0.15, 0.2) is 0 Å². The summed E-state index contributed by atoms with van der Waals surface area (Å²) >= 11 is 9.22. The lowest BCUT2D eigenvalue weighted by molar-refractivity contribution is -0.132. The van der Waals surface area contributed by atoms with Gasteiger partial charge in [-0.2, -0.15) is 0 Å². The number of halogens is 2. The molecule has 1 fully saturated rings. The lowest BCUT2D eigenvalue weighted by Crippen LogP contribution is -2.42. The summed E-state index contributed by atoms with van der Waals surface area (Å²) in [6.45, 7) is 1.42. The Morgan fingerprint density at radius 1 is 1.19 bits per heavy atom. The van der Waals surface area contributed by atoms with Crippen molar-refractivity contribution in [3.8, 4) is 5.75 Å². The Morgan fingerprint density at radius 2 is 1.81 bits per heavy atom. The second kappa shape index (κ2) is 7.88. The minimum Gasteiger partial charge on any atom is -0.491 e. The fourth-order valence-corrected chi connectivity index (χ4v) is 3.22. The maximum absolute atomic E-state index is 12.8. The fraction of sp³-hybridized carbons (Fsp3) is 0.263. The van der Waals surface area contributed by atoms with Crippen LogP contribution in [0.4, 0.5) is 4.79 Å². The van der Waals surface area contributed by atoms with Crippen LogP contribution in [0.1, 0.15) is 12.5 Å². The topological polar surface area (TPSA) is 78.9 Å². The third-order valence-corrected chi connectivity index (χ3v) is 5.13. The van der Waals surface area contributed by atoms with E-state index in [-0.39, 0.29) is 13.2 Å². The SMILES string of the molecule is CC1(c2ccc(Cl)cc2)NC(=O)N(CC(O)COc2ccc(Br)cc2)C1=O. The molecule has 1 aliphatic heterocycles. The first-order valence-corrected chi connectivity index (χ1v) is 9.43. The summed E-state index contributed by atoms with van der Waals surface area (Å²) in [5.41, 5.74) is -0.582. The van der Waals surface area contributed by atoms with Crippen molar-refractivity contribution in [2.24, 2.45) is 0 Å². The number of aliphatic hydroxyl groups is 1. The number of β-amino-alcohol motifs (C(OH)–C–C–N with tert-alkyl or cyclic N) is 1. The van der Waals surface area contributed by atoms with E-state index < -0.39 is 23.6 Å². The number of benzene rings is 2. The number of aliphatic hydroxyl groups excluding tert-OH is 1. The van der Waals surface area contributed by atoms with Gasteiger partial charge in [0, 0.05) is 9.50 Å². The first-order valence-electron chi connectivity index (χ1n) is 8.26. The normalized spacial score (nSPS) is 20.5. The lowest BCUT2D eigenvalue weighted by Gasteiger charge is -2.23. The number of rotatable bonds is 6. The van der Waals surface area contributed by atoms with Crippen LogP contribution < -0.4 is 10.1 Å². The summed E-state index contributed by atoms with van der Waals surface area (Å²) in [4.78, 5) is 26.1. The van der Waals surface area contributed by atoms with Gasteiger partial charge in [-0.1, -0.05) is 39.7 Å². The second-order valence-corrected chi connectivity index (χ2v) is 7.75. The molecule has 1 saturated heterocycles. The predicted molar refractivity (Wildman–Crippen MR) is 105 cm³/mol. The number of hydrogen-bond acceptors (Lipinski definition) is 4. The van der Waals surface area contributed by atoms with E-state index in [0.717, 1.165) is 9.37 Å². The average molecular weight is 454 g/mol. The zero-order chi connectivity index (χ0) is 19.6. The third kappa shape index (κ3) is 4.26. The maximum atomic E-state index is 12.8. The van der Waals surface area contributed by atoms with E-state index in [1.165, 1.54) is 0 Å². The zero-order valence-corrected chi connectivity index (χ0v) is 16.8. The molecule has 3 rings (SSSR count). The molecular formula is C19H18BrClN2O4. The summed E-state index contributed by atoms with van der Waals surface area (Å²) < 4.78 is 6.41. The van der Waals surface area contributed by atoms with Gasteiger partial charge in [-0.3, -0.25) is 9.69 Å². The minimum absolute atomic E-state index is 0.0453. The number of carbonyl (C=O) groups excluding carboxylic acids is 2. The number of nitrogens with zero attached hydrogens (tertiary/aromatic N) is 1. The number of hydrogen-bond donors (Lipinski definition) is 2. The largest absolute Gasteiger partial charge is 0.491 e. The van der Waals surface area contributed by atoms with E-state index in [2.05, 4.69) is 21.2 Å². The average Bonchev–Trinajstić information content (AvgIpc) is 2.86. The highest BCUT2D eigenvalue weighted by Gasteiger charge is 2.49. The Bertz CT molecular complexity index is 844. The molecule has 0 aromatic heterocycles. The van der Waals surface area contributed by atoms with Crippen LogP contribution in [0.2, 0.25) is 5.02 Å². The number of urea groups is 1. The number of nitrogens with one attached hydrogen (secondary N) is 1. The van der Waals surface area contributed by atoms with Crippen molar-refractivity contribution in [1.29, 1.82) is 0 Å². The van der Waals surface area contributed by atoms with Crippen LogP contribution in [0, 0.1) is 0 Å². The Hall–Kier alpha value is -2.09. The monoisotopic (exact) mass is 452 g/mol. The van der Waals surface area contributed by atoms with Gasteiger partial charge in [0.1, 0.15) is 24.0 Å². The maximum Gasteiger partial charge on any atom is 0.325 e. The number of amides is 3. The predicted octanol–water partition coefficient (Wildman–Crippen LogP) is 3.31. The molecule has 2 aromatic rings. The van der Waals surface area contributed by atoms with Crippen molar-refractivity contribution in [1.82, 2.24) is 10.2 Å². The van der Waals surface area contributed by atoms with Crippen LogP contribution in [0.25, 0.3) is 0 Å². The minimum atomic E-state index is -1.20. The Kier molecular flexibility index (Phi) is 5.74. The Balaban J connectivity index is 1.64. The van der Waals surface area contributed by atoms with Crippen molar-refractivity contribution in [2.45, 2.75) is 18.6 Å². The van der Waals surface area contributed by atoms with E-state index in [0.29, 0.717) is 16.3 Å². The molecule has 0 spiro atoms. The summed E-state index contributed by atoms with van der Waals surface area (Å²) in [7, 11) is 0. The van der Waals surface area contributed by atoms with Gasteiger partial charge in [-0.25, -0.2) is 4.79 Å². The van der Waals surface area contributed by atoms with Crippen LogP contribution in [0.3, 0.4) is 0 Å². The standard InChI is InChI=1S/C19H18BrClN2O4/c1-19(12-2-6-14(21)7-3-12)17(25)23(18(26)22-19)10-15(24)11-27-16-8-4-13(20)5-9-16/h2-9,15,24H,10-11H2,1H3,(H,22,26). The molecule has 6 nitrogen and oxygen atoms in total. The molecule has 27 heavy (non-hydrogen) atoms. The molecule has 142 valence electrons. The van der Waals surface area contributed by atoms with E-state index in [1.54, 1.807) is 43.3 Å². The smallest absolute Gasteiger partial charge is 0.325 e. The van der Waals surface area contributed by atoms with Crippen LogP contribution in [-0.2, 0) is 10.3 Å². The zero-order valence-electron chi connectivity index (χ0n) is 14.5. The van der Waals surface area contributed by atoms with Gasteiger partial charge in [0.2, 0.25) is 0 Å². The Morgan fingerprint density at radius 3 is 2.44 bits per heavy atom. The van der Waals surface area contributed by atoms with Crippen molar-refractivity contribution in [2.75, 3.05) is 13.2 Å². The quantitative estimate of drug-likeness (QED) is 0.658. The summed E-state index contributed by atoms with van der Waals surface area (Å²) in [6.07, 6.45) is -1.02. The van der Waals surface area contributed by atoms with E-state index in [1.807, 2.05) is 12.1 Å². The van der Waals surface area contributed by atoms with Gasteiger partial charge >= 0.3 is 6.03 Å². The summed E-state index contributed by atoms with van der Waals surface area (Å²) in [5, 5.41) is 13.4. The second-order valence-electron chi connectivity index (χ2n) is 6.40. The molecule has 1 heterocycles. The Labute approximate surface area is 170 Å². The first kappa shape index (κ1) is 19.7. The van der Waals surface area contributed by atoms with Crippen LogP contribution in [-0.4, -0.2) is 41.2 Å². The van der Waals surface area contributed by atoms with Gasteiger partial charge in [-0.05, 0) is 48.9 Å². The summed E-state index contributed by atoms with van der Waals surface area (Å²) in [6, 6.07) is 13.3. The van der Waals surface area contributed by atoms with E-state index in [9.17, 15) is 14.7 Å². The van der Waals surface area contributed by atoms with Crippen LogP contribution in [0.15, 0.2) is 53.0 Å².